The van der Waals surface area contributed by atoms with Crippen molar-refractivity contribution in [2.45, 2.75) is 89.6 Å². The van der Waals surface area contributed by atoms with E-state index in [4.69, 9.17) is 24.0 Å². The molecule has 4 atom stereocenters. The summed E-state index contributed by atoms with van der Waals surface area (Å²) < 4.78 is 44.2. The summed E-state index contributed by atoms with van der Waals surface area (Å²) in [4.78, 5) is 12.4. The van der Waals surface area contributed by atoms with E-state index in [9.17, 15) is 8.76 Å². The Bertz CT molecular complexity index is 1720. The Morgan fingerprint density at radius 1 is 1.13 bits per heavy atom. The van der Waals surface area contributed by atoms with Crippen LogP contribution in [0.25, 0.3) is 27.8 Å². The number of anilines is 1. The van der Waals surface area contributed by atoms with E-state index in [0.717, 1.165) is 29.4 Å². The van der Waals surface area contributed by atoms with E-state index in [1.807, 2.05) is 77.7 Å². The number of nitrogens with one attached hydrogen (secondary N) is 1. The van der Waals surface area contributed by atoms with Gasteiger partial charge in [0, 0.05) is 42.3 Å². The minimum atomic E-state index is -1.54. The van der Waals surface area contributed by atoms with Crippen LogP contribution in [0, 0.1) is 5.41 Å². The number of aryl methyl sites for hydroxylation is 1. The summed E-state index contributed by atoms with van der Waals surface area (Å²) in [5.41, 5.74) is 3.50. The summed E-state index contributed by atoms with van der Waals surface area (Å²) in [7, 11) is 1.91. The number of hydrogen-bond donors (Lipinski definition) is 1. The fourth-order valence-electron chi connectivity index (χ4n) is 6.18. The second-order valence-corrected chi connectivity index (χ2v) is 18.1. The summed E-state index contributed by atoms with van der Waals surface area (Å²) in [6, 6.07) is 5.96. The molecule has 2 saturated heterocycles. The van der Waals surface area contributed by atoms with Crippen molar-refractivity contribution in [3.05, 3.63) is 36.3 Å². The highest BCUT2D eigenvalue weighted by molar-refractivity contribution is 7.90. The highest BCUT2D eigenvalue weighted by Crippen LogP contribution is 2.44. The standard InChI is InChI=1S/C31H44N8O4S2/c1-20-26(36-44(40)29(2,3)4)31(19-42-20)12-14-38(15-13-31)27-23(18-43-45(41)30(5,6)7)35-28-22(34-27)17-33-39(28)24-11-9-10-21-16-32-37(8)25(21)24/h9-11,16-17,20,26,36H,12-15,18-19H2,1-8H3/t20-,26+,44?,45?/m0/s1. The van der Waals surface area contributed by atoms with Gasteiger partial charge in [0.05, 0.1) is 47.1 Å². The number of ether oxygens (including phenoxy) is 1. The van der Waals surface area contributed by atoms with Crippen molar-refractivity contribution in [2.75, 3.05) is 24.6 Å². The molecule has 14 heteroatoms. The van der Waals surface area contributed by atoms with Crippen molar-refractivity contribution < 1.29 is 17.7 Å². The number of nitrogens with zero attached hydrogens (tertiary/aromatic N) is 7. The summed E-state index contributed by atoms with van der Waals surface area (Å²) in [5, 5.41) is 10.1. The molecule has 2 aliphatic rings. The first-order valence-electron chi connectivity index (χ1n) is 15.4. The first kappa shape index (κ1) is 32.3. The molecule has 0 aliphatic carbocycles. The predicted molar refractivity (Wildman–Crippen MR) is 178 cm³/mol. The Kier molecular flexibility index (Phi) is 8.53. The predicted octanol–water partition coefficient (Wildman–Crippen LogP) is 4.11. The van der Waals surface area contributed by atoms with Crippen LogP contribution in [-0.4, -0.2) is 79.6 Å². The van der Waals surface area contributed by atoms with Crippen molar-refractivity contribution >= 4 is 50.3 Å². The minimum absolute atomic E-state index is 0.0155. The third-order valence-electron chi connectivity index (χ3n) is 8.83. The summed E-state index contributed by atoms with van der Waals surface area (Å²) in [6.07, 6.45) is 5.21. The lowest BCUT2D eigenvalue weighted by molar-refractivity contribution is 0.0973. The van der Waals surface area contributed by atoms with Crippen LogP contribution in [0.3, 0.4) is 0 Å². The molecule has 1 spiro atoms. The molecular weight excluding hydrogens is 613 g/mol. The van der Waals surface area contributed by atoms with Crippen LogP contribution in [0.2, 0.25) is 0 Å². The summed E-state index contributed by atoms with van der Waals surface area (Å²) >= 11 is -2.74. The van der Waals surface area contributed by atoms with Crippen molar-refractivity contribution in [1.82, 2.24) is 34.3 Å². The van der Waals surface area contributed by atoms with Crippen molar-refractivity contribution in [2.24, 2.45) is 12.5 Å². The maximum Gasteiger partial charge on any atom is 0.182 e. The molecule has 244 valence electrons. The fourth-order valence-corrected chi connectivity index (χ4v) is 7.78. The lowest BCUT2D eigenvalue weighted by Crippen LogP contribution is -2.56. The zero-order chi connectivity index (χ0) is 32.3. The zero-order valence-corrected chi connectivity index (χ0v) is 29.0. The van der Waals surface area contributed by atoms with Crippen molar-refractivity contribution in [3.63, 3.8) is 0 Å². The van der Waals surface area contributed by atoms with Crippen LogP contribution < -0.4 is 9.62 Å². The van der Waals surface area contributed by atoms with Gasteiger partial charge in [0.1, 0.15) is 22.6 Å². The highest BCUT2D eigenvalue weighted by atomic mass is 32.2. The van der Waals surface area contributed by atoms with Gasteiger partial charge in [0.25, 0.3) is 0 Å². The maximum absolute atomic E-state index is 13.1. The molecule has 0 radical (unpaired) electrons. The van der Waals surface area contributed by atoms with Crippen LogP contribution >= 0.6 is 0 Å². The molecule has 4 aromatic rings. The van der Waals surface area contributed by atoms with E-state index in [0.29, 0.717) is 42.4 Å². The van der Waals surface area contributed by atoms with Crippen LogP contribution in [0.4, 0.5) is 5.82 Å². The molecule has 6 rings (SSSR count). The number of benzene rings is 1. The maximum atomic E-state index is 13.1. The molecule has 3 aromatic heterocycles. The second kappa shape index (κ2) is 11.9. The lowest BCUT2D eigenvalue weighted by Gasteiger charge is -2.43. The van der Waals surface area contributed by atoms with Gasteiger partial charge in [0.15, 0.2) is 22.5 Å². The van der Waals surface area contributed by atoms with Gasteiger partial charge >= 0.3 is 0 Å². The molecule has 5 heterocycles. The van der Waals surface area contributed by atoms with Gasteiger partial charge < -0.3 is 14.2 Å². The van der Waals surface area contributed by atoms with Gasteiger partial charge in [-0.1, -0.05) is 12.1 Å². The Hall–Kier alpha value is -2.62. The van der Waals surface area contributed by atoms with Gasteiger partial charge in [-0.05, 0) is 67.4 Å². The van der Waals surface area contributed by atoms with E-state index >= 15 is 0 Å². The van der Waals surface area contributed by atoms with Crippen molar-refractivity contribution in [3.8, 4) is 5.69 Å². The third kappa shape index (κ3) is 6.12. The number of aromatic nitrogens is 6. The van der Waals surface area contributed by atoms with Crippen LogP contribution in [0.5, 0.6) is 0 Å². The first-order valence-corrected chi connectivity index (χ1v) is 17.7. The molecule has 12 nitrogen and oxygen atoms in total. The van der Waals surface area contributed by atoms with Gasteiger partial charge in [-0.25, -0.2) is 18.9 Å². The molecule has 0 saturated carbocycles. The fraction of sp³-hybridized carbons (Fsp3) is 0.613. The van der Waals surface area contributed by atoms with E-state index in [-0.39, 0.29) is 28.9 Å². The minimum Gasteiger partial charge on any atom is -0.598 e. The van der Waals surface area contributed by atoms with Gasteiger partial charge in [0.2, 0.25) is 0 Å². The number of para-hydroxylation sites is 1. The van der Waals surface area contributed by atoms with Crippen LogP contribution in [0.15, 0.2) is 30.6 Å². The quantitative estimate of drug-likeness (QED) is 0.290. The van der Waals surface area contributed by atoms with E-state index in [1.54, 1.807) is 10.9 Å². The van der Waals surface area contributed by atoms with Crippen molar-refractivity contribution in [1.29, 1.82) is 0 Å². The molecule has 2 fully saturated rings. The molecular formula is C31H44N8O4S2. The topological polar surface area (TPSA) is 135 Å². The molecule has 1 aromatic carbocycles. The monoisotopic (exact) mass is 656 g/mol. The Morgan fingerprint density at radius 2 is 1.87 bits per heavy atom. The molecule has 45 heavy (non-hydrogen) atoms. The molecule has 1 N–H and O–H groups in total. The summed E-state index contributed by atoms with van der Waals surface area (Å²) in [5.74, 6) is 0.705. The first-order chi connectivity index (χ1) is 21.2. The highest BCUT2D eigenvalue weighted by Gasteiger charge is 2.52. The summed E-state index contributed by atoms with van der Waals surface area (Å²) in [6.45, 7) is 15.8. The van der Waals surface area contributed by atoms with Gasteiger partial charge in [-0.15, -0.1) is 4.72 Å². The molecule has 0 amide bonds. The molecule has 2 aliphatic heterocycles. The van der Waals surface area contributed by atoms with E-state index in [1.165, 1.54) is 0 Å². The molecule has 2 unspecified atom stereocenters. The van der Waals surface area contributed by atoms with E-state index in [2.05, 4.69) is 21.6 Å². The number of hydrogen-bond acceptors (Lipinski definition) is 10. The number of fused-ring (bicyclic) bond motifs is 2. The smallest absolute Gasteiger partial charge is 0.182 e. The average molecular weight is 657 g/mol. The SMILES string of the molecule is C[C@@H]1OCC2(CCN(c3nc4cnn(-c5cccc6cnn(C)c56)c4nc3COS(=O)C(C)(C)C)CC2)[C@@H]1N[S+]([O-])C(C)(C)C. The second-order valence-electron chi connectivity index (χ2n) is 14.2. The Labute approximate surface area is 270 Å². The average Bonchev–Trinajstić information content (AvgIpc) is 3.66. The third-order valence-corrected chi connectivity index (χ3v) is 11.7. The molecule has 0 bridgehead atoms. The Balaban J connectivity index is 1.33. The van der Waals surface area contributed by atoms with E-state index < -0.39 is 27.2 Å². The zero-order valence-electron chi connectivity index (χ0n) is 27.4. The number of piperidine rings is 1. The Morgan fingerprint density at radius 3 is 2.56 bits per heavy atom. The largest absolute Gasteiger partial charge is 0.598 e. The van der Waals surface area contributed by atoms with Crippen LogP contribution in [-0.2, 0) is 45.0 Å². The number of rotatable bonds is 7. The lowest BCUT2D eigenvalue weighted by atomic mass is 9.73. The van der Waals surface area contributed by atoms with Crippen LogP contribution in [0.1, 0.15) is 67.0 Å². The van der Waals surface area contributed by atoms with Gasteiger partial charge in [-0.3, -0.25) is 8.86 Å². The van der Waals surface area contributed by atoms with Gasteiger partial charge in [-0.2, -0.15) is 10.2 Å². The normalized spacial score (nSPS) is 22.1.